The molecule has 0 saturated carbocycles. The Morgan fingerprint density at radius 3 is 1.65 bits per heavy atom. The first-order valence-corrected chi connectivity index (χ1v) is 7.84. The van der Waals surface area contributed by atoms with Gasteiger partial charge in [-0.2, -0.15) is 0 Å². The van der Waals surface area contributed by atoms with Gasteiger partial charge in [0.1, 0.15) is 0 Å². The summed E-state index contributed by atoms with van der Waals surface area (Å²) >= 11 is 23.8. The molecule has 0 amide bonds. The summed E-state index contributed by atoms with van der Waals surface area (Å²) in [6.07, 6.45) is 0. The van der Waals surface area contributed by atoms with Crippen LogP contribution in [-0.4, -0.2) is 14.5 Å². The van der Waals surface area contributed by atoms with Crippen LogP contribution >= 0.6 is 46.4 Å². The third-order valence-corrected chi connectivity index (χ3v) is 4.65. The SMILES string of the molecule is O=c1cc(O)n(-c2ccc(Cl)c(Cl)c2)n1-c1ccc(Cl)c(Cl)c1. The van der Waals surface area contributed by atoms with E-state index in [2.05, 4.69) is 0 Å². The summed E-state index contributed by atoms with van der Waals surface area (Å²) in [6, 6.07) is 10.5. The lowest BCUT2D eigenvalue weighted by molar-refractivity contribution is 0.425. The maximum absolute atomic E-state index is 12.2. The average molecular weight is 390 g/mol. The van der Waals surface area contributed by atoms with E-state index in [0.717, 1.165) is 6.07 Å². The van der Waals surface area contributed by atoms with E-state index in [0.29, 0.717) is 26.4 Å². The van der Waals surface area contributed by atoms with E-state index in [1.165, 1.54) is 21.5 Å². The number of rotatable bonds is 2. The van der Waals surface area contributed by atoms with Gasteiger partial charge in [0.25, 0.3) is 5.56 Å². The predicted molar refractivity (Wildman–Crippen MR) is 93.1 cm³/mol. The van der Waals surface area contributed by atoms with Crippen molar-refractivity contribution in [2.45, 2.75) is 0 Å². The molecular formula is C15H8Cl4N2O2. The summed E-state index contributed by atoms with van der Waals surface area (Å²) < 4.78 is 2.54. The highest BCUT2D eigenvalue weighted by Crippen LogP contribution is 2.28. The van der Waals surface area contributed by atoms with Crippen LogP contribution in [0.2, 0.25) is 20.1 Å². The molecule has 0 radical (unpaired) electrons. The molecule has 3 aromatic rings. The van der Waals surface area contributed by atoms with E-state index in [-0.39, 0.29) is 10.9 Å². The molecule has 1 heterocycles. The Hall–Kier alpha value is -1.59. The molecule has 0 bridgehead atoms. The number of halogens is 4. The number of benzene rings is 2. The van der Waals surface area contributed by atoms with Crippen LogP contribution < -0.4 is 5.56 Å². The molecule has 8 heteroatoms. The van der Waals surface area contributed by atoms with E-state index < -0.39 is 5.56 Å². The van der Waals surface area contributed by atoms with Crippen molar-refractivity contribution >= 4 is 46.4 Å². The topological polar surface area (TPSA) is 47.2 Å². The van der Waals surface area contributed by atoms with Crippen molar-refractivity contribution in [3.63, 3.8) is 0 Å². The summed E-state index contributed by atoms with van der Waals surface area (Å²) in [6.45, 7) is 0. The van der Waals surface area contributed by atoms with Crippen molar-refractivity contribution < 1.29 is 5.11 Å². The van der Waals surface area contributed by atoms with Crippen molar-refractivity contribution in [2.75, 3.05) is 0 Å². The van der Waals surface area contributed by atoms with Gasteiger partial charge in [0.15, 0.2) is 0 Å². The van der Waals surface area contributed by atoms with E-state index in [1.54, 1.807) is 24.3 Å². The molecule has 0 fully saturated rings. The Morgan fingerprint density at radius 1 is 0.696 bits per heavy atom. The first-order valence-electron chi connectivity index (χ1n) is 6.33. The molecule has 1 N–H and O–H groups in total. The molecule has 0 saturated heterocycles. The Kier molecular flexibility index (Phi) is 4.34. The van der Waals surface area contributed by atoms with E-state index in [1.807, 2.05) is 0 Å². The van der Waals surface area contributed by atoms with Crippen molar-refractivity contribution in [3.8, 4) is 17.3 Å². The molecule has 1 aromatic heterocycles. The van der Waals surface area contributed by atoms with Crippen molar-refractivity contribution in [3.05, 3.63) is 72.9 Å². The molecule has 0 aliphatic rings. The maximum Gasteiger partial charge on any atom is 0.275 e. The highest BCUT2D eigenvalue weighted by molar-refractivity contribution is 6.42. The van der Waals surface area contributed by atoms with Crippen LogP contribution in [0.1, 0.15) is 0 Å². The fourth-order valence-corrected chi connectivity index (χ4v) is 2.74. The minimum absolute atomic E-state index is 0.250. The van der Waals surface area contributed by atoms with Crippen LogP contribution in [0, 0.1) is 0 Å². The molecule has 23 heavy (non-hydrogen) atoms. The number of aromatic nitrogens is 2. The van der Waals surface area contributed by atoms with Gasteiger partial charge in [-0.25, -0.2) is 9.36 Å². The monoisotopic (exact) mass is 388 g/mol. The lowest BCUT2D eigenvalue weighted by Crippen LogP contribution is -2.19. The molecule has 0 atom stereocenters. The van der Waals surface area contributed by atoms with Crippen LogP contribution in [0.3, 0.4) is 0 Å². The van der Waals surface area contributed by atoms with Crippen LogP contribution in [0.25, 0.3) is 11.4 Å². The van der Waals surface area contributed by atoms with Gasteiger partial charge in [-0.15, -0.1) is 0 Å². The zero-order chi connectivity index (χ0) is 16.7. The lowest BCUT2D eigenvalue weighted by Gasteiger charge is -2.14. The number of hydrogen-bond donors (Lipinski definition) is 1. The molecule has 3 rings (SSSR count). The third kappa shape index (κ3) is 2.95. The second kappa shape index (κ2) is 6.13. The lowest BCUT2D eigenvalue weighted by atomic mass is 10.3. The van der Waals surface area contributed by atoms with Gasteiger partial charge < -0.3 is 5.11 Å². The molecule has 0 aliphatic heterocycles. The minimum atomic E-state index is -0.438. The number of nitrogens with zero attached hydrogens (tertiary/aromatic N) is 2. The highest BCUT2D eigenvalue weighted by Gasteiger charge is 2.15. The van der Waals surface area contributed by atoms with Gasteiger partial charge in [-0.05, 0) is 36.4 Å². The van der Waals surface area contributed by atoms with Crippen molar-refractivity contribution in [2.24, 2.45) is 0 Å². The first kappa shape index (κ1) is 16.3. The second-order valence-corrected chi connectivity index (χ2v) is 6.29. The zero-order valence-corrected chi connectivity index (χ0v) is 14.3. The van der Waals surface area contributed by atoms with Crippen LogP contribution in [0.4, 0.5) is 0 Å². The van der Waals surface area contributed by atoms with E-state index in [4.69, 9.17) is 46.4 Å². The van der Waals surface area contributed by atoms with Gasteiger partial charge in [0, 0.05) is 0 Å². The van der Waals surface area contributed by atoms with Gasteiger partial charge in [0.2, 0.25) is 5.88 Å². The van der Waals surface area contributed by atoms with Crippen LogP contribution in [-0.2, 0) is 0 Å². The minimum Gasteiger partial charge on any atom is -0.493 e. The maximum atomic E-state index is 12.2. The molecule has 0 unspecified atom stereocenters. The summed E-state index contributed by atoms with van der Waals surface area (Å²) in [4.78, 5) is 12.2. The van der Waals surface area contributed by atoms with Crippen LogP contribution in [0.15, 0.2) is 47.3 Å². The Balaban J connectivity index is 2.28. The van der Waals surface area contributed by atoms with Crippen molar-refractivity contribution in [1.29, 1.82) is 0 Å². The standard InChI is InChI=1S/C15H8Cl4N2O2/c16-10-3-1-8(5-12(10)18)20-14(22)7-15(23)21(20)9-2-4-11(17)13(19)6-9/h1-7,22H. The Bertz CT molecular complexity index is 963. The normalized spacial score (nSPS) is 11.0. The second-order valence-electron chi connectivity index (χ2n) is 4.66. The van der Waals surface area contributed by atoms with Crippen molar-refractivity contribution in [1.82, 2.24) is 9.36 Å². The van der Waals surface area contributed by atoms with Gasteiger partial charge in [-0.1, -0.05) is 46.4 Å². The first-order chi connectivity index (χ1) is 10.9. The summed E-state index contributed by atoms with van der Waals surface area (Å²) in [5, 5.41) is 11.4. The Labute approximate surface area is 151 Å². The van der Waals surface area contributed by atoms with Gasteiger partial charge >= 0.3 is 0 Å². The van der Waals surface area contributed by atoms with E-state index in [9.17, 15) is 9.90 Å². The quantitative estimate of drug-likeness (QED) is 0.674. The number of aromatic hydroxyl groups is 1. The Morgan fingerprint density at radius 2 is 1.17 bits per heavy atom. The molecule has 4 nitrogen and oxygen atoms in total. The van der Waals surface area contributed by atoms with Gasteiger partial charge in [-0.3, -0.25) is 4.79 Å². The largest absolute Gasteiger partial charge is 0.493 e. The highest BCUT2D eigenvalue weighted by atomic mass is 35.5. The van der Waals surface area contributed by atoms with Crippen LogP contribution in [0.5, 0.6) is 5.88 Å². The smallest absolute Gasteiger partial charge is 0.275 e. The molecule has 118 valence electrons. The molecule has 0 spiro atoms. The predicted octanol–water partition coefficient (Wildman–Crippen LogP) is 4.95. The fourth-order valence-electron chi connectivity index (χ4n) is 2.16. The molecule has 2 aromatic carbocycles. The third-order valence-electron chi connectivity index (χ3n) is 3.17. The van der Waals surface area contributed by atoms with Gasteiger partial charge in [0.05, 0.1) is 37.5 Å². The summed E-state index contributed by atoms with van der Waals surface area (Å²) in [5.41, 5.74) is 0.466. The molecule has 0 aliphatic carbocycles. The fraction of sp³-hybridized carbons (Fsp3) is 0. The zero-order valence-electron chi connectivity index (χ0n) is 11.3. The van der Waals surface area contributed by atoms with E-state index >= 15 is 0 Å². The number of hydrogen-bond acceptors (Lipinski definition) is 2. The molecular weight excluding hydrogens is 382 g/mol. The summed E-state index contributed by atoms with van der Waals surface area (Å²) in [5.74, 6) is -0.250. The average Bonchev–Trinajstić information content (AvgIpc) is 2.79. The summed E-state index contributed by atoms with van der Waals surface area (Å²) in [7, 11) is 0.